The first-order valence-corrected chi connectivity index (χ1v) is 13.7. The van der Waals surface area contributed by atoms with Crippen LogP contribution in [0.25, 0.3) is 11.3 Å². The Bertz CT molecular complexity index is 1510. The third-order valence-electron chi connectivity index (χ3n) is 6.21. The summed E-state index contributed by atoms with van der Waals surface area (Å²) in [5.41, 5.74) is 3.48. The molecule has 0 aliphatic carbocycles. The molecule has 10 heteroatoms. The quantitative estimate of drug-likeness (QED) is 0.0929. The summed E-state index contributed by atoms with van der Waals surface area (Å²) < 4.78 is 11.9. The summed E-state index contributed by atoms with van der Waals surface area (Å²) >= 11 is 4.89. The van der Waals surface area contributed by atoms with Crippen LogP contribution in [0.3, 0.4) is 0 Å². The summed E-state index contributed by atoms with van der Waals surface area (Å²) in [5.74, 6) is 0.682. The standard InChI is InChI=1S/C28H24BrN3O5S/c1-2-36-28(33)26-22-12-13-31(16-18-6-4-3-5-7-18)17-25(22)38-27(26)30-15-20-9-11-24(37-20)21-10-8-19(32(34)35)14-23(21)29/h3-11,14-15H,2,12-13,16-17H2,1H3. The van der Waals surface area contributed by atoms with E-state index < -0.39 is 4.92 Å². The lowest BCUT2D eigenvalue weighted by Gasteiger charge is -2.27. The van der Waals surface area contributed by atoms with Crippen molar-refractivity contribution < 1.29 is 18.9 Å². The van der Waals surface area contributed by atoms with E-state index in [1.807, 2.05) is 18.2 Å². The number of fused-ring (bicyclic) bond motifs is 1. The second-order valence-electron chi connectivity index (χ2n) is 8.73. The van der Waals surface area contributed by atoms with Gasteiger partial charge in [-0.3, -0.25) is 15.0 Å². The van der Waals surface area contributed by atoms with E-state index in [4.69, 9.17) is 9.15 Å². The number of ether oxygens (including phenoxy) is 1. The molecule has 5 rings (SSSR count). The molecule has 0 amide bonds. The van der Waals surface area contributed by atoms with Crippen molar-refractivity contribution in [2.24, 2.45) is 4.99 Å². The van der Waals surface area contributed by atoms with Gasteiger partial charge in [0.25, 0.3) is 5.69 Å². The number of furan rings is 1. The smallest absolute Gasteiger partial charge is 0.341 e. The lowest BCUT2D eigenvalue weighted by Crippen LogP contribution is -2.29. The van der Waals surface area contributed by atoms with Crippen LogP contribution in [-0.4, -0.2) is 35.2 Å². The van der Waals surface area contributed by atoms with E-state index in [1.54, 1.807) is 31.3 Å². The molecular weight excluding hydrogens is 570 g/mol. The number of hydrogen-bond acceptors (Lipinski definition) is 8. The Balaban J connectivity index is 1.39. The van der Waals surface area contributed by atoms with Gasteiger partial charge < -0.3 is 9.15 Å². The minimum Gasteiger partial charge on any atom is -0.462 e. The molecule has 0 atom stereocenters. The molecule has 1 aliphatic rings. The number of esters is 1. The molecule has 0 N–H and O–H groups in total. The van der Waals surface area contributed by atoms with Crippen molar-refractivity contribution in [2.45, 2.75) is 26.4 Å². The van der Waals surface area contributed by atoms with Crippen LogP contribution in [0, 0.1) is 10.1 Å². The average Bonchev–Trinajstić information content (AvgIpc) is 3.52. The van der Waals surface area contributed by atoms with Crippen LogP contribution in [0.4, 0.5) is 10.7 Å². The van der Waals surface area contributed by atoms with E-state index in [0.29, 0.717) is 38.7 Å². The zero-order chi connectivity index (χ0) is 26.6. The lowest BCUT2D eigenvalue weighted by molar-refractivity contribution is -0.384. The third-order valence-corrected chi connectivity index (χ3v) is 7.99. The highest BCUT2D eigenvalue weighted by Gasteiger charge is 2.28. The number of nitro benzene ring substituents is 1. The van der Waals surface area contributed by atoms with Crippen LogP contribution in [0.5, 0.6) is 0 Å². The van der Waals surface area contributed by atoms with Crippen molar-refractivity contribution in [2.75, 3.05) is 13.2 Å². The third kappa shape index (κ3) is 5.62. The highest BCUT2D eigenvalue weighted by Crippen LogP contribution is 2.40. The maximum atomic E-state index is 12.9. The number of nitrogens with zero attached hydrogens (tertiary/aromatic N) is 3. The molecule has 8 nitrogen and oxygen atoms in total. The Morgan fingerprint density at radius 3 is 2.79 bits per heavy atom. The van der Waals surface area contributed by atoms with Gasteiger partial charge in [0.15, 0.2) is 0 Å². The molecule has 0 unspecified atom stereocenters. The van der Waals surface area contributed by atoms with Crippen molar-refractivity contribution in [3.05, 3.63) is 103 Å². The fourth-order valence-corrected chi connectivity index (χ4v) is 6.21. The first-order chi connectivity index (χ1) is 18.4. The molecule has 0 bridgehead atoms. The Morgan fingerprint density at radius 2 is 2.05 bits per heavy atom. The molecule has 1 aliphatic heterocycles. The minimum atomic E-state index is -0.447. The summed E-state index contributed by atoms with van der Waals surface area (Å²) in [6, 6.07) is 18.4. The number of non-ortho nitro benzene ring substituents is 1. The van der Waals surface area contributed by atoms with Gasteiger partial charge in [0.1, 0.15) is 16.5 Å². The number of hydrogen-bond donors (Lipinski definition) is 0. The summed E-state index contributed by atoms with van der Waals surface area (Å²) in [6.07, 6.45) is 2.34. The molecule has 2 aromatic heterocycles. The fraction of sp³-hybridized carbons (Fsp3) is 0.214. The monoisotopic (exact) mass is 593 g/mol. The van der Waals surface area contributed by atoms with Gasteiger partial charge in [-0.05, 0) is 58.6 Å². The van der Waals surface area contributed by atoms with E-state index >= 15 is 0 Å². The number of thiophene rings is 1. The van der Waals surface area contributed by atoms with Crippen LogP contribution >= 0.6 is 27.3 Å². The highest BCUT2D eigenvalue weighted by molar-refractivity contribution is 9.10. The SMILES string of the molecule is CCOC(=O)c1c(N=Cc2ccc(-c3ccc([N+](=O)[O-])cc3Br)o2)sc2c1CCN(Cc1ccccc1)C2. The number of aliphatic imine (C=N–C) groups is 1. The Hall–Kier alpha value is -3.60. The Morgan fingerprint density at radius 1 is 1.24 bits per heavy atom. The molecule has 3 heterocycles. The second-order valence-corrected chi connectivity index (χ2v) is 10.7. The first kappa shape index (κ1) is 26.0. The van der Waals surface area contributed by atoms with Gasteiger partial charge in [-0.15, -0.1) is 11.3 Å². The van der Waals surface area contributed by atoms with Crippen LogP contribution in [0.2, 0.25) is 0 Å². The number of benzene rings is 2. The van der Waals surface area contributed by atoms with E-state index in [2.05, 4.69) is 38.0 Å². The maximum absolute atomic E-state index is 12.9. The molecule has 38 heavy (non-hydrogen) atoms. The Kier molecular flexibility index (Phi) is 7.82. The maximum Gasteiger partial charge on any atom is 0.341 e. The highest BCUT2D eigenvalue weighted by atomic mass is 79.9. The number of rotatable bonds is 8. The topological polar surface area (TPSA) is 98.2 Å². The van der Waals surface area contributed by atoms with Gasteiger partial charge in [0.05, 0.1) is 23.3 Å². The second kappa shape index (κ2) is 11.4. The van der Waals surface area contributed by atoms with Crippen molar-refractivity contribution in [1.82, 2.24) is 4.90 Å². The summed E-state index contributed by atoms with van der Waals surface area (Å²) in [4.78, 5) is 31.6. The average molecular weight is 594 g/mol. The van der Waals surface area contributed by atoms with Gasteiger partial charge in [-0.25, -0.2) is 9.79 Å². The molecule has 0 radical (unpaired) electrons. The Labute approximate surface area is 231 Å². The van der Waals surface area contributed by atoms with Crippen molar-refractivity contribution >= 4 is 50.1 Å². The van der Waals surface area contributed by atoms with E-state index in [1.165, 1.54) is 29.0 Å². The zero-order valence-electron chi connectivity index (χ0n) is 20.6. The predicted octanol–water partition coefficient (Wildman–Crippen LogP) is 7.16. The van der Waals surface area contributed by atoms with Gasteiger partial charge >= 0.3 is 5.97 Å². The molecular formula is C28H24BrN3O5S. The van der Waals surface area contributed by atoms with Gasteiger partial charge in [0, 0.05) is 46.7 Å². The summed E-state index contributed by atoms with van der Waals surface area (Å²) in [5, 5.41) is 11.6. The predicted molar refractivity (Wildman–Crippen MR) is 150 cm³/mol. The van der Waals surface area contributed by atoms with Gasteiger partial charge in [-0.2, -0.15) is 0 Å². The summed E-state index contributed by atoms with van der Waals surface area (Å²) in [6.45, 7) is 4.52. The van der Waals surface area contributed by atoms with Crippen molar-refractivity contribution in [1.29, 1.82) is 0 Å². The fourth-order valence-electron chi connectivity index (χ4n) is 4.43. The molecule has 194 valence electrons. The van der Waals surface area contributed by atoms with E-state index in [0.717, 1.165) is 36.5 Å². The number of halogens is 1. The number of carbonyl (C=O) groups excluding carboxylic acids is 1. The van der Waals surface area contributed by atoms with Crippen molar-refractivity contribution in [3.63, 3.8) is 0 Å². The zero-order valence-corrected chi connectivity index (χ0v) is 23.0. The van der Waals surface area contributed by atoms with E-state index in [-0.39, 0.29) is 11.7 Å². The van der Waals surface area contributed by atoms with E-state index in [9.17, 15) is 14.9 Å². The van der Waals surface area contributed by atoms with Crippen molar-refractivity contribution in [3.8, 4) is 11.3 Å². The molecule has 0 saturated carbocycles. The summed E-state index contributed by atoms with van der Waals surface area (Å²) in [7, 11) is 0. The lowest BCUT2D eigenvalue weighted by atomic mass is 10.0. The van der Waals surface area contributed by atoms with Crippen LogP contribution in [0.15, 0.2) is 74.5 Å². The van der Waals surface area contributed by atoms with Crippen LogP contribution in [0.1, 0.15) is 39.0 Å². The largest absolute Gasteiger partial charge is 0.462 e. The molecule has 4 aromatic rings. The van der Waals surface area contributed by atoms with Gasteiger partial charge in [-0.1, -0.05) is 30.3 Å². The van der Waals surface area contributed by atoms with Crippen LogP contribution in [-0.2, 0) is 24.2 Å². The normalized spacial score (nSPS) is 13.5. The van der Waals surface area contributed by atoms with Crippen LogP contribution < -0.4 is 0 Å². The minimum absolute atomic E-state index is 0.00976. The molecule has 0 saturated heterocycles. The molecule has 0 spiro atoms. The molecule has 0 fully saturated rings. The number of carbonyl (C=O) groups is 1. The first-order valence-electron chi connectivity index (χ1n) is 12.1. The number of nitro groups is 1. The molecule has 2 aromatic carbocycles. The van der Waals surface area contributed by atoms with Gasteiger partial charge in [0.2, 0.25) is 0 Å².